The fraction of sp³-hybridized carbons (Fsp3) is 0.348. The Morgan fingerprint density at radius 2 is 1.89 bits per heavy atom. The van der Waals surface area contributed by atoms with E-state index >= 15 is 0 Å². The molecule has 1 aliphatic carbocycles. The van der Waals surface area contributed by atoms with Gasteiger partial charge >= 0.3 is 0 Å². The van der Waals surface area contributed by atoms with Crippen molar-refractivity contribution >= 4 is 21.9 Å². The van der Waals surface area contributed by atoms with E-state index in [9.17, 15) is 4.39 Å². The number of fused-ring (bicyclic) bond motifs is 2. The number of hydrogen-bond donors (Lipinski definition) is 1. The lowest BCUT2D eigenvalue weighted by Gasteiger charge is -2.32. The molecule has 4 nitrogen and oxygen atoms in total. The summed E-state index contributed by atoms with van der Waals surface area (Å²) >= 11 is 0. The largest absolute Gasteiger partial charge is 0.342 e. The molecule has 3 heterocycles. The van der Waals surface area contributed by atoms with E-state index in [1.807, 2.05) is 18.5 Å². The molecule has 1 aromatic carbocycles. The Balaban J connectivity index is 1.34. The van der Waals surface area contributed by atoms with Gasteiger partial charge in [0.25, 0.3) is 0 Å². The van der Waals surface area contributed by atoms with Gasteiger partial charge in [-0.15, -0.1) is 0 Å². The number of nitrogens with one attached hydrogen (secondary N) is 1. The second-order valence-corrected chi connectivity index (χ2v) is 7.98. The van der Waals surface area contributed by atoms with Crippen molar-refractivity contribution in [2.45, 2.75) is 44.4 Å². The topological polar surface area (TPSA) is 54.5 Å². The van der Waals surface area contributed by atoms with Crippen LogP contribution in [0.3, 0.4) is 0 Å². The summed E-state index contributed by atoms with van der Waals surface area (Å²) in [6.07, 6.45) is 10.0. The quantitative estimate of drug-likeness (QED) is 0.499. The smallest absolute Gasteiger partial charge is 0.123 e. The van der Waals surface area contributed by atoms with Crippen LogP contribution in [0.1, 0.15) is 55.8 Å². The number of aromatic amines is 1. The highest BCUT2D eigenvalue weighted by Gasteiger charge is 2.29. The van der Waals surface area contributed by atoms with Crippen LogP contribution in [0, 0.1) is 11.7 Å². The van der Waals surface area contributed by atoms with Gasteiger partial charge in [0, 0.05) is 23.7 Å². The molecule has 0 radical (unpaired) electrons. The Morgan fingerprint density at radius 1 is 1.04 bits per heavy atom. The Morgan fingerprint density at radius 3 is 2.71 bits per heavy atom. The van der Waals surface area contributed by atoms with Gasteiger partial charge in [0.05, 0.1) is 17.2 Å². The van der Waals surface area contributed by atoms with Crippen LogP contribution in [0.5, 0.6) is 0 Å². The van der Waals surface area contributed by atoms with Crippen molar-refractivity contribution in [3.05, 3.63) is 66.1 Å². The SMILES string of the molecule is C[C@@H](c1nc2cnccc2[nH]1)[C@H]1CC[C@@H](c2ccnc3ccc(F)cc32)CC1. The van der Waals surface area contributed by atoms with Crippen molar-refractivity contribution in [3.63, 3.8) is 0 Å². The summed E-state index contributed by atoms with van der Waals surface area (Å²) in [6, 6.07) is 8.94. The van der Waals surface area contributed by atoms with E-state index in [2.05, 4.69) is 27.9 Å². The minimum Gasteiger partial charge on any atom is -0.342 e. The Kier molecular flexibility index (Phi) is 4.30. The Bertz CT molecular complexity index is 1090. The van der Waals surface area contributed by atoms with Gasteiger partial charge in [0.2, 0.25) is 0 Å². The maximum Gasteiger partial charge on any atom is 0.123 e. The zero-order valence-corrected chi connectivity index (χ0v) is 15.9. The number of H-pyrrole nitrogens is 1. The van der Waals surface area contributed by atoms with Gasteiger partial charge in [0.15, 0.2) is 0 Å². The first-order chi connectivity index (χ1) is 13.7. The maximum atomic E-state index is 13.8. The van der Waals surface area contributed by atoms with E-state index in [4.69, 9.17) is 4.98 Å². The van der Waals surface area contributed by atoms with Gasteiger partial charge in [-0.3, -0.25) is 9.97 Å². The number of hydrogen-bond acceptors (Lipinski definition) is 3. The lowest BCUT2D eigenvalue weighted by molar-refractivity contribution is 0.286. The molecule has 1 fully saturated rings. The number of benzene rings is 1. The molecule has 0 saturated heterocycles. The molecule has 1 N–H and O–H groups in total. The van der Waals surface area contributed by atoms with Crippen LogP contribution in [0.25, 0.3) is 21.9 Å². The molecular weight excluding hydrogens is 351 g/mol. The summed E-state index contributed by atoms with van der Waals surface area (Å²) in [7, 11) is 0. The normalized spacial score (nSPS) is 21.2. The second-order valence-electron chi connectivity index (χ2n) is 7.98. The summed E-state index contributed by atoms with van der Waals surface area (Å²) in [5.41, 5.74) is 4.11. The van der Waals surface area contributed by atoms with Crippen molar-refractivity contribution in [1.29, 1.82) is 0 Å². The fourth-order valence-electron chi connectivity index (χ4n) is 4.74. The number of nitrogens with zero attached hydrogens (tertiary/aromatic N) is 3. The van der Waals surface area contributed by atoms with Crippen molar-refractivity contribution in [3.8, 4) is 0 Å². The number of aromatic nitrogens is 4. The lowest BCUT2D eigenvalue weighted by atomic mass is 9.73. The summed E-state index contributed by atoms with van der Waals surface area (Å²) < 4.78 is 13.8. The van der Waals surface area contributed by atoms with Gasteiger partial charge in [-0.2, -0.15) is 0 Å². The predicted molar refractivity (Wildman–Crippen MR) is 109 cm³/mol. The van der Waals surface area contributed by atoms with E-state index in [0.717, 1.165) is 53.4 Å². The number of halogens is 1. The lowest BCUT2D eigenvalue weighted by Crippen LogP contribution is -2.19. The standard InChI is InChI=1S/C23H23FN4/c1-14(23-27-21-9-10-25-13-22(21)28-23)15-2-4-16(5-3-15)18-8-11-26-20-7-6-17(24)12-19(18)20/h6-16H,2-5H2,1H3,(H,27,28)/t14-,15-,16+/m1/s1. The van der Waals surface area contributed by atoms with Crippen molar-refractivity contribution < 1.29 is 4.39 Å². The van der Waals surface area contributed by atoms with Crippen LogP contribution in [-0.2, 0) is 0 Å². The van der Waals surface area contributed by atoms with Crippen LogP contribution in [0.4, 0.5) is 4.39 Å². The minimum absolute atomic E-state index is 0.191. The van der Waals surface area contributed by atoms with Crippen LogP contribution in [0.15, 0.2) is 48.9 Å². The Hall–Kier alpha value is -2.82. The molecule has 5 rings (SSSR count). The highest BCUT2D eigenvalue weighted by Crippen LogP contribution is 2.42. The number of imidazole rings is 1. The summed E-state index contributed by atoms with van der Waals surface area (Å²) in [5.74, 6) is 2.33. The van der Waals surface area contributed by atoms with Crippen molar-refractivity contribution in [2.75, 3.05) is 0 Å². The number of pyridine rings is 2. The molecule has 4 aromatic rings. The molecule has 1 aliphatic rings. The molecule has 1 saturated carbocycles. The fourth-order valence-corrected chi connectivity index (χ4v) is 4.74. The minimum atomic E-state index is -0.191. The molecular formula is C23H23FN4. The molecule has 0 amide bonds. The van der Waals surface area contributed by atoms with Crippen LogP contribution < -0.4 is 0 Å². The van der Waals surface area contributed by atoms with E-state index in [1.165, 1.54) is 11.6 Å². The molecule has 5 heteroatoms. The average Bonchev–Trinajstić information content (AvgIpc) is 3.17. The third-order valence-electron chi connectivity index (χ3n) is 6.39. The zero-order valence-electron chi connectivity index (χ0n) is 15.9. The highest BCUT2D eigenvalue weighted by atomic mass is 19.1. The molecule has 3 aromatic heterocycles. The van der Waals surface area contributed by atoms with Gasteiger partial charge in [-0.1, -0.05) is 6.92 Å². The molecule has 0 unspecified atom stereocenters. The highest BCUT2D eigenvalue weighted by molar-refractivity contribution is 5.82. The first kappa shape index (κ1) is 17.3. The van der Waals surface area contributed by atoms with Gasteiger partial charge in [-0.05, 0) is 73.4 Å². The third-order valence-corrected chi connectivity index (χ3v) is 6.39. The van der Waals surface area contributed by atoms with Gasteiger partial charge < -0.3 is 4.98 Å². The predicted octanol–water partition coefficient (Wildman–Crippen LogP) is 5.72. The van der Waals surface area contributed by atoms with Gasteiger partial charge in [-0.25, -0.2) is 9.37 Å². The zero-order chi connectivity index (χ0) is 19.1. The van der Waals surface area contributed by atoms with Crippen LogP contribution >= 0.6 is 0 Å². The third kappa shape index (κ3) is 3.05. The van der Waals surface area contributed by atoms with E-state index < -0.39 is 0 Å². The monoisotopic (exact) mass is 374 g/mol. The van der Waals surface area contributed by atoms with Crippen LogP contribution in [0.2, 0.25) is 0 Å². The second kappa shape index (κ2) is 6.97. The van der Waals surface area contributed by atoms with Crippen molar-refractivity contribution in [2.24, 2.45) is 5.92 Å². The van der Waals surface area contributed by atoms with E-state index in [1.54, 1.807) is 18.3 Å². The molecule has 1 atom stereocenters. The maximum absolute atomic E-state index is 13.8. The summed E-state index contributed by atoms with van der Waals surface area (Å²) in [5, 5.41) is 0.962. The summed E-state index contributed by atoms with van der Waals surface area (Å²) in [4.78, 5) is 16.8. The van der Waals surface area contributed by atoms with Crippen LogP contribution in [-0.4, -0.2) is 19.9 Å². The average molecular weight is 374 g/mol. The molecule has 0 aliphatic heterocycles. The Labute approximate surface area is 163 Å². The summed E-state index contributed by atoms with van der Waals surface area (Å²) in [6.45, 7) is 2.27. The number of rotatable bonds is 3. The molecule has 142 valence electrons. The molecule has 28 heavy (non-hydrogen) atoms. The van der Waals surface area contributed by atoms with E-state index in [0.29, 0.717) is 17.8 Å². The molecule has 0 bridgehead atoms. The first-order valence-corrected chi connectivity index (χ1v) is 10.0. The van der Waals surface area contributed by atoms with Gasteiger partial charge in [0.1, 0.15) is 17.2 Å². The molecule has 0 spiro atoms. The van der Waals surface area contributed by atoms with E-state index in [-0.39, 0.29) is 5.82 Å². The van der Waals surface area contributed by atoms with Crippen molar-refractivity contribution in [1.82, 2.24) is 19.9 Å². The first-order valence-electron chi connectivity index (χ1n) is 10.0.